The lowest BCUT2D eigenvalue weighted by molar-refractivity contribution is -0.112. The molecule has 0 fully saturated rings. The van der Waals surface area contributed by atoms with Gasteiger partial charge in [0.15, 0.2) is 0 Å². The molecule has 4 atom stereocenters. The second-order valence-electron chi connectivity index (χ2n) is 2.53. The first-order valence-corrected chi connectivity index (χ1v) is 3.57. The van der Waals surface area contributed by atoms with E-state index in [1.807, 2.05) is 0 Å². The van der Waals surface area contributed by atoms with Crippen LogP contribution in [0.4, 0.5) is 0 Å². The zero-order valence-corrected chi connectivity index (χ0v) is 8.66. The van der Waals surface area contributed by atoms with Crippen molar-refractivity contribution in [3.63, 3.8) is 0 Å². The topological polar surface area (TPSA) is 127 Å². The highest BCUT2D eigenvalue weighted by Crippen LogP contribution is 2.03. The minimum absolute atomic E-state index is 0. The fourth-order valence-corrected chi connectivity index (χ4v) is 0.703. The van der Waals surface area contributed by atoms with Gasteiger partial charge in [-0.15, -0.1) is 17.0 Å². The smallest absolute Gasteiger partial charge is 0.111 e. The summed E-state index contributed by atoms with van der Waals surface area (Å²) in [4.78, 5) is 0. The van der Waals surface area contributed by atoms with E-state index in [0.29, 0.717) is 0 Å². The second kappa shape index (κ2) is 7.63. The average Bonchev–Trinajstić information content (AvgIpc) is 2.12. The van der Waals surface area contributed by atoms with Crippen molar-refractivity contribution in [2.24, 2.45) is 5.73 Å². The molecule has 0 aromatic rings. The molecule has 0 aromatic heterocycles. The summed E-state index contributed by atoms with van der Waals surface area (Å²) in [7, 11) is 0. The Morgan fingerprint density at radius 1 is 0.923 bits per heavy atom. The largest absolute Gasteiger partial charge is 0.394 e. The van der Waals surface area contributed by atoms with Crippen molar-refractivity contribution in [2.45, 2.75) is 24.4 Å². The first-order chi connectivity index (χ1) is 5.54. The van der Waals surface area contributed by atoms with Crippen LogP contribution >= 0.6 is 17.0 Å². The molecule has 82 valence electrons. The van der Waals surface area contributed by atoms with Crippen molar-refractivity contribution >= 4 is 17.0 Å². The molecule has 0 bridgehead atoms. The van der Waals surface area contributed by atoms with Gasteiger partial charge in [0, 0.05) is 6.54 Å². The number of aliphatic hydroxyl groups excluding tert-OH is 5. The van der Waals surface area contributed by atoms with Gasteiger partial charge in [-0.1, -0.05) is 0 Å². The Kier molecular flexibility index (Phi) is 9.21. The quantitative estimate of drug-likeness (QED) is 0.312. The standard InChI is InChI=1S/C6H15NO5.BrH/c7-1-3(9)5(11)6(12)4(10)2-8;/h3-6,8-12H,1-2,7H2;1H/t3-,4-,5-,6-;/m1./s1. The molecule has 0 heterocycles. The molecule has 7 N–H and O–H groups in total. The number of halogens is 1. The van der Waals surface area contributed by atoms with Crippen molar-refractivity contribution in [1.29, 1.82) is 0 Å². The van der Waals surface area contributed by atoms with Crippen LogP contribution in [0.2, 0.25) is 0 Å². The van der Waals surface area contributed by atoms with Crippen molar-refractivity contribution in [3.05, 3.63) is 0 Å². The molecular weight excluding hydrogens is 246 g/mol. The molecule has 0 radical (unpaired) electrons. The van der Waals surface area contributed by atoms with Crippen LogP contribution < -0.4 is 5.73 Å². The maximum atomic E-state index is 9.04. The summed E-state index contributed by atoms with van der Waals surface area (Å²) in [6.07, 6.45) is -5.91. The van der Waals surface area contributed by atoms with Crippen LogP contribution in [0.1, 0.15) is 0 Å². The Balaban J connectivity index is 0. The van der Waals surface area contributed by atoms with Crippen LogP contribution in [0.5, 0.6) is 0 Å². The Morgan fingerprint density at radius 2 is 1.31 bits per heavy atom. The summed E-state index contributed by atoms with van der Waals surface area (Å²) in [6.45, 7) is -0.911. The highest BCUT2D eigenvalue weighted by Gasteiger charge is 2.28. The summed E-state index contributed by atoms with van der Waals surface area (Å²) >= 11 is 0. The van der Waals surface area contributed by atoms with Gasteiger partial charge in [0.05, 0.1) is 12.7 Å². The van der Waals surface area contributed by atoms with Crippen LogP contribution in [0.3, 0.4) is 0 Å². The van der Waals surface area contributed by atoms with E-state index in [1.54, 1.807) is 0 Å². The zero-order chi connectivity index (χ0) is 9.72. The monoisotopic (exact) mass is 261 g/mol. The van der Waals surface area contributed by atoms with Crippen LogP contribution in [0.15, 0.2) is 0 Å². The van der Waals surface area contributed by atoms with E-state index in [0.717, 1.165) is 0 Å². The summed E-state index contributed by atoms with van der Waals surface area (Å²) in [5.74, 6) is 0. The van der Waals surface area contributed by atoms with E-state index in [4.69, 9.17) is 31.3 Å². The molecule has 0 unspecified atom stereocenters. The second-order valence-corrected chi connectivity index (χ2v) is 2.53. The van der Waals surface area contributed by atoms with Gasteiger partial charge in [-0.2, -0.15) is 0 Å². The Hall–Kier alpha value is 0.240. The van der Waals surface area contributed by atoms with Crippen molar-refractivity contribution in [1.82, 2.24) is 0 Å². The third-order valence-electron chi connectivity index (χ3n) is 1.57. The number of rotatable bonds is 5. The first kappa shape index (κ1) is 15.7. The number of aliphatic hydroxyl groups is 5. The van der Waals surface area contributed by atoms with Gasteiger partial charge in [-0.05, 0) is 0 Å². The molecule has 0 aliphatic rings. The summed E-state index contributed by atoms with van der Waals surface area (Å²) in [6, 6.07) is 0. The lowest BCUT2D eigenvalue weighted by Gasteiger charge is -2.24. The predicted molar refractivity (Wildman–Crippen MR) is 50.5 cm³/mol. The van der Waals surface area contributed by atoms with Gasteiger partial charge in [-0.25, -0.2) is 0 Å². The highest BCUT2D eigenvalue weighted by atomic mass is 79.9. The Bertz CT molecular complexity index is 114. The predicted octanol–water partition coefficient (Wildman–Crippen LogP) is -3.04. The van der Waals surface area contributed by atoms with Crippen molar-refractivity contribution < 1.29 is 25.5 Å². The third-order valence-corrected chi connectivity index (χ3v) is 1.57. The molecule has 0 saturated heterocycles. The third kappa shape index (κ3) is 4.87. The SMILES string of the molecule is Br.NC[C@@H](O)[C@@H](O)[C@H](O)[C@H](O)CO. The van der Waals surface area contributed by atoms with Gasteiger partial charge in [0.2, 0.25) is 0 Å². The van der Waals surface area contributed by atoms with Gasteiger partial charge < -0.3 is 31.3 Å². The fraction of sp³-hybridized carbons (Fsp3) is 1.00. The van der Waals surface area contributed by atoms with E-state index in [1.165, 1.54) is 0 Å². The molecule has 0 spiro atoms. The molecule has 7 heteroatoms. The van der Waals surface area contributed by atoms with Crippen LogP contribution in [0.25, 0.3) is 0 Å². The molecule has 0 saturated carbocycles. The van der Waals surface area contributed by atoms with Gasteiger partial charge in [0.25, 0.3) is 0 Å². The van der Waals surface area contributed by atoms with Gasteiger partial charge in [-0.3, -0.25) is 0 Å². The molecule has 0 rings (SSSR count). The maximum absolute atomic E-state index is 9.04. The Labute approximate surface area is 86.4 Å². The number of nitrogens with two attached hydrogens (primary N) is 1. The summed E-state index contributed by atoms with van der Waals surface area (Å²) in [5, 5.41) is 44.2. The minimum Gasteiger partial charge on any atom is -0.394 e. The highest BCUT2D eigenvalue weighted by molar-refractivity contribution is 8.93. The van der Waals surface area contributed by atoms with E-state index in [2.05, 4.69) is 0 Å². The summed E-state index contributed by atoms with van der Waals surface area (Å²) in [5.41, 5.74) is 4.99. The fourth-order valence-electron chi connectivity index (χ4n) is 0.703. The van der Waals surface area contributed by atoms with Crippen molar-refractivity contribution in [3.8, 4) is 0 Å². The molecule has 0 aliphatic heterocycles. The van der Waals surface area contributed by atoms with Gasteiger partial charge >= 0.3 is 0 Å². The molecule has 6 nitrogen and oxygen atoms in total. The zero-order valence-electron chi connectivity index (χ0n) is 6.95. The van der Waals surface area contributed by atoms with Crippen molar-refractivity contribution in [2.75, 3.05) is 13.2 Å². The molecular formula is C6H16BrNO5. The lowest BCUT2D eigenvalue weighted by atomic mass is 10.0. The first-order valence-electron chi connectivity index (χ1n) is 3.57. The van der Waals surface area contributed by atoms with Crippen LogP contribution in [0, 0.1) is 0 Å². The van der Waals surface area contributed by atoms with E-state index in [-0.39, 0.29) is 23.5 Å². The number of hydrogen-bond donors (Lipinski definition) is 6. The maximum Gasteiger partial charge on any atom is 0.111 e. The van der Waals surface area contributed by atoms with E-state index < -0.39 is 31.0 Å². The lowest BCUT2D eigenvalue weighted by Crippen LogP contribution is -2.48. The Morgan fingerprint density at radius 3 is 1.62 bits per heavy atom. The normalized spacial score (nSPS) is 19.8. The average molecular weight is 262 g/mol. The van der Waals surface area contributed by atoms with Crippen LogP contribution in [-0.2, 0) is 0 Å². The number of hydrogen-bond acceptors (Lipinski definition) is 6. The molecule has 0 amide bonds. The molecule has 0 aliphatic carbocycles. The van der Waals surface area contributed by atoms with Crippen LogP contribution in [-0.4, -0.2) is 63.1 Å². The van der Waals surface area contributed by atoms with E-state index in [9.17, 15) is 0 Å². The van der Waals surface area contributed by atoms with Gasteiger partial charge in [0.1, 0.15) is 18.3 Å². The van der Waals surface area contributed by atoms with E-state index >= 15 is 0 Å². The molecule has 0 aromatic carbocycles. The molecule has 13 heavy (non-hydrogen) atoms. The minimum atomic E-state index is -1.59. The summed E-state index contributed by atoms with van der Waals surface area (Å²) < 4.78 is 0.